The van der Waals surface area contributed by atoms with E-state index in [9.17, 15) is 5.11 Å². The molecule has 0 aromatic carbocycles. The first-order chi connectivity index (χ1) is 11.4. The van der Waals surface area contributed by atoms with Gasteiger partial charge >= 0.3 is 0 Å². The highest BCUT2D eigenvalue weighted by atomic mass is 79.9. The van der Waals surface area contributed by atoms with Gasteiger partial charge in [-0.2, -0.15) is 0 Å². The summed E-state index contributed by atoms with van der Waals surface area (Å²) < 4.78 is 0. The van der Waals surface area contributed by atoms with E-state index in [1.54, 1.807) is 0 Å². The molecule has 4 aliphatic rings. The Labute approximate surface area is 157 Å². The molecule has 4 aliphatic carbocycles. The Bertz CT molecular complexity index is 475. The summed E-state index contributed by atoms with van der Waals surface area (Å²) in [5, 5.41) is 11.7. The summed E-state index contributed by atoms with van der Waals surface area (Å²) >= 11 is 3.77. The first-order valence-electron chi connectivity index (χ1n) is 10.6. The first-order valence-corrected chi connectivity index (χ1v) is 11.8. The number of hydrogen-bond donors (Lipinski definition) is 1. The zero-order valence-electron chi connectivity index (χ0n) is 15.9. The second-order valence-electron chi connectivity index (χ2n) is 10.5. The average molecular weight is 397 g/mol. The fourth-order valence-corrected chi connectivity index (χ4v) is 8.62. The van der Waals surface area contributed by atoms with Gasteiger partial charge in [-0.15, -0.1) is 0 Å². The molecule has 9 atom stereocenters. The Morgan fingerprint density at radius 1 is 0.958 bits per heavy atom. The van der Waals surface area contributed by atoms with Gasteiger partial charge in [-0.05, 0) is 112 Å². The zero-order chi connectivity index (χ0) is 17.1. The van der Waals surface area contributed by atoms with E-state index < -0.39 is 0 Å². The van der Waals surface area contributed by atoms with Crippen molar-refractivity contribution in [2.75, 3.05) is 5.33 Å². The highest BCUT2D eigenvalue weighted by Gasteiger charge is 2.57. The molecule has 4 saturated carbocycles. The first kappa shape index (κ1) is 17.8. The molecule has 4 rings (SSSR count). The van der Waals surface area contributed by atoms with Crippen LogP contribution in [0.4, 0.5) is 0 Å². The maximum atomic E-state index is 10.5. The summed E-state index contributed by atoms with van der Waals surface area (Å²) in [5.41, 5.74) is 0.238. The average Bonchev–Trinajstić information content (AvgIpc) is 2.90. The molecule has 0 heterocycles. The van der Waals surface area contributed by atoms with Crippen LogP contribution in [0.3, 0.4) is 0 Å². The fraction of sp³-hybridized carbons (Fsp3) is 1.00. The number of fused-ring (bicyclic) bond motifs is 5. The molecule has 0 aliphatic heterocycles. The van der Waals surface area contributed by atoms with E-state index in [4.69, 9.17) is 0 Å². The van der Waals surface area contributed by atoms with Gasteiger partial charge in [-0.25, -0.2) is 0 Å². The Kier molecular flexibility index (Phi) is 4.65. The maximum absolute atomic E-state index is 10.5. The monoisotopic (exact) mass is 396 g/mol. The smallest absolute Gasteiger partial charge is 0.0622 e. The Morgan fingerprint density at radius 2 is 1.71 bits per heavy atom. The van der Waals surface area contributed by atoms with Crippen LogP contribution in [-0.4, -0.2) is 16.0 Å². The molecule has 0 aromatic rings. The van der Waals surface area contributed by atoms with E-state index >= 15 is 0 Å². The molecule has 1 unspecified atom stereocenters. The zero-order valence-corrected chi connectivity index (χ0v) is 17.5. The molecule has 0 radical (unpaired) electrons. The minimum atomic E-state index is -0.374. The molecular formula is C22H37BrO. The van der Waals surface area contributed by atoms with Crippen LogP contribution < -0.4 is 0 Å². The molecule has 0 amide bonds. The van der Waals surface area contributed by atoms with Gasteiger partial charge in [0, 0.05) is 5.33 Å². The topological polar surface area (TPSA) is 20.2 Å². The van der Waals surface area contributed by atoms with Crippen LogP contribution in [0.25, 0.3) is 0 Å². The van der Waals surface area contributed by atoms with E-state index in [0.29, 0.717) is 5.41 Å². The number of halogens is 1. The van der Waals surface area contributed by atoms with Gasteiger partial charge in [0.05, 0.1) is 5.60 Å². The molecule has 138 valence electrons. The second kappa shape index (κ2) is 6.25. The van der Waals surface area contributed by atoms with E-state index in [1.165, 1.54) is 50.3 Å². The lowest BCUT2D eigenvalue weighted by atomic mass is 9.48. The number of rotatable bonds is 2. The summed E-state index contributed by atoms with van der Waals surface area (Å²) in [4.78, 5) is 0. The van der Waals surface area contributed by atoms with Crippen LogP contribution in [0.5, 0.6) is 0 Å². The van der Waals surface area contributed by atoms with Crippen molar-refractivity contribution >= 4 is 15.9 Å². The lowest BCUT2D eigenvalue weighted by molar-refractivity contribution is -0.102. The predicted octanol–water partition coefficient (Wildman–Crippen LogP) is 6.04. The van der Waals surface area contributed by atoms with Crippen molar-refractivity contribution in [2.45, 2.75) is 84.2 Å². The van der Waals surface area contributed by atoms with Crippen LogP contribution >= 0.6 is 15.9 Å². The van der Waals surface area contributed by atoms with Crippen molar-refractivity contribution in [3.05, 3.63) is 0 Å². The highest BCUT2D eigenvalue weighted by Crippen LogP contribution is 2.65. The van der Waals surface area contributed by atoms with Gasteiger partial charge in [0.2, 0.25) is 0 Å². The van der Waals surface area contributed by atoms with Crippen LogP contribution in [0, 0.1) is 46.8 Å². The number of hydrogen-bond acceptors (Lipinski definition) is 1. The standard InChI is InChI=1S/C22H37BrO/c1-14(13-23)19-6-7-20-18-5-4-15-12-21(2,24)10-8-16(15)17(18)9-11-22(19,20)3/h14-20,24H,4-13H2,1-3H3/t14?,15-,16+,17-,18-,19-,20+,21-,22-/m1/s1. The maximum Gasteiger partial charge on any atom is 0.0622 e. The van der Waals surface area contributed by atoms with Crippen molar-refractivity contribution in [2.24, 2.45) is 46.8 Å². The molecule has 0 aromatic heterocycles. The van der Waals surface area contributed by atoms with E-state index in [0.717, 1.165) is 54.3 Å². The Morgan fingerprint density at radius 3 is 2.46 bits per heavy atom. The lowest BCUT2D eigenvalue weighted by Crippen LogP contribution is -2.50. The van der Waals surface area contributed by atoms with Crippen LogP contribution in [0.2, 0.25) is 0 Å². The molecule has 2 heteroatoms. The molecule has 1 N–H and O–H groups in total. The van der Waals surface area contributed by atoms with E-state index in [-0.39, 0.29) is 5.60 Å². The summed E-state index contributed by atoms with van der Waals surface area (Å²) in [5.74, 6) is 6.49. The van der Waals surface area contributed by atoms with Crippen molar-refractivity contribution < 1.29 is 5.11 Å². The summed E-state index contributed by atoms with van der Waals surface area (Å²) in [6.07, 6.45) is 12.2. The van der Waals surface area contributed by atoms with Gasteiger partial charge in [-0.3, -0.25) is 0 Å². The normalized spacial score (nSPS) is 55.4. The fourth-order valence-electron chi connectivity index (χ4n) is 8.16. The SMILES string of the molecule is CC(CBr)[C@H]1CC[C@H]2[C@@H]3CC[C@@H]4C[C@](C)(O)CC[C@@H]4[C@H]3CC[C@]12C. The van der Waals surface area contributed by atoms with Crippen LogP contribution in [-0.2, 0) is 0 Å². The van der Waals surface area contributed by atoms with Crippen molar-refractivity contribution in [1.82, 2.24) is 0 Å². The molecule has 1 nitrogen and oxygen atoms in total. The molecule has 4 fully saturated rings. The molecule has 0 spiro atoms. The van der Waals surface area contributed by atoms with Crippen molar-refractivity contribution in [3.63, 3.8) is 0 Å². The molecular weight excluding hydrogens is 360 g/mol. The number of aliphatic hydroxyl groups is 1. The second-order valence-corrected chi connectivity index (χ2v) is 11.2. The Hall–Kier alpha value is 0.440. The molecule has 0 bridgehead atoms. The predicted molar refractivity (Wildman–Crippen MR) is 104 cm³/mol. The van der Waals surface area contributed by atoms with Gasteiger partial charge in [-0.1, -0.05) is 29.8 Å². The van der Waals surface area contributed by atoms with E-state index in [2.05, 4.69) is 36.7 Å². The quantitative estimate of drug-likeness (QED) is 0.564. The highest BCUT2D eigenvalue weighted by molar-refractivity contribution is 9.09. The van der Waals surface area contributed by atoms with Crippen molar-refractivity contribution in [3.8, 4) is 0 Å². The summed E-state index contributed by atoms with van der Waals surface area (Å²) in [6, 6.07) is 0. The lowest BCUT2D eigenvalue weighted by Gasteiger charge is -2.57. The van der Waals surface area contributed by atoms with Crippen LogP contribution in [0.1, 0.15) is 78.6 Å². The van der Waals surface area contributed by atoms with Gasteiger partial charge < -0.3 is 5.11 Å². The van der Waals surface area contributed by atoms with Gasteiger partial charge in [0.15, 0.2) is 0 Å². The Balaban J connectivity index is 1.53. The summed E-state index contributed by atoms with van der Waals surface area (Å²) in [6.45, 7) is 7.21. The van der Waals surface area contributed by atoms with E-state index in [1.807, 2.05) is 0 Å². The number of alkyl halides is 1. The minimum absolute atomic E-state index is 0.374. The van der Waals surface area contributed by atoms with Crippen molar-refractivity contribution in [1.29, 1.82) is 0 Å². The molecule has 24 heavy (non-hydrogen) atoms. The largest absolute Gasteiger partial charge is 0.390 e. The molecule has 0 saturated heterocycles. The summed E-state index contributed by atoms with van der Waals surface area (Å²) in [7, 11) is 0. The third-order valence-corrected chi connectivity index (χ3v) is 10.3. The third kappa shape index (κ3) is 2.73. The van der Waals surface area contributed by atoms with Crippen LogP contribution in [0.15, 0.2) is 0 Å². The van der Waals surface area contributed by atoms with Gasteiger partial charge in [0.1, 0.15) is 0 Å². The third-order valence-electron chi connectivity index (χ3n) is 9.24. The van der Waals surface area contributed by atoms with Gasteiger partial charge in [0.25, 0.3) is 0 Å². The minimum Gasteiger partial charge on any atom is -0.390 e.